The van der Waals surface area contributed by atoms with Crippen LogP contribution >= 0.6 is 0 Å². The van der Waals surface area contributed by atoms with E-state index >= 15 is 0 Å². The Bertz CT molecular complexity index is 1230. The molecule has 9 nitrogen and oxygen atoms in total. The first-order chi connectivity index (χ1) is 17.3. The second kappa shape index (κ2) is 8.34. The van der Waals surface area contributed by atoms with E-state index in [0.29, 0.717) is 23.6 Å². The molecule has 1 saturated heterocycles. The minimum atomic E-state index is -1.01. The lowest BCUT2D eigenvalue weighted by Gasteiger charge is -2.50. The number of amides is 3. The summed E-state index contributed by atoms with van der Waals surface area (Å²) in [6, 6.07) is 2.59. The molecule has 37 heavy (non-hydrogen) atoms. The van der Waals surface area contributed by atoms with Crippen LogP contribution in [-0.2, 0) is 19.8 Å². The third-order valence-corrected chi connectivity index (χ3v) is 8.33. The van der Waals surface area contributed by atoms with Crippen molar-refractivity contribution in [2.45, 2.75) is 64.1 Å². The van der Waals surface area contributed by atoms with Crippen LogP contribution in [0.15, 0.2) is 36.6 Å². The lowest BCUT2D eigenvalue weighted by atomic mass is 9.60. The van der Waals surface area contributed by atoms with Crippen molar-refractivity contribution in [3.63, 3.8) is 0 Å². The third-order valence-electron chi connectivity index (χ3n) is 8.33. The number of likely N-dealkylation sites (N-methyl/N-ethyl adjacent to an activating group) is 1. The minimum Gasteiger partial charge on any atom is -0.480 e. The van der Waals surface area contributed by atoms with Gasteiger partial charge in [-0.15, -0.1) is 0 Å². The molecule has 0 radical (unpaired) electrons. The predicted molar refractivity (Wildman–Crippen MR) is 137 cm³/mol. The van der Waals surface area contributed by atoms with Gasteiger partial charge >= 0.3 is 0 Å². The van der Waals surface area contributed by atoms with Crippen LogP contribution in [0.1, 0.15) is 46.6 Å². The zero-order valence-corrected chi connectivity index (χ0v) is 22.2. The highest BCUT2D eigenvalue weighted by molar-refractivity contribution is 6.09. The Morgan fingerprint density at radius 3 is 2.59 bits per heavy atom. The molecule has 2 N–H and O–H groups in total. The quantitative estimate of drug-likeness (QED) is 0.649. The number of benzene rings is 1. The van der Waals surface area contributed by atoms with Crippen molar-refractivity contribution in [3.8, 4) is 11.5 Å². The largest absolute Gasteiger partial charge is 0.480 e. The Morgan fingerprint density at radius 2 is 1.92 bits per heavy atom. The van der Waals surface area contributed by atoms with Crippen LogP contribution in [0.3, 0.4) is 0 Å². The molecule has 9 heteroatoms. The van der Waals surface area contributed by atoms with Crippen molar-refractivity contribution in [1.29, 1.82) is 0 Å². The van der Waals surface area contributed by atoms with Crippen molar-refractivity contribution in [2.24, 2.45) is 11.3 Å². The molecule has 1 aromatic carbocycles. The maximum atomic E-state index is 14.0. The summed E-state index contributed by atoms with van der Waals surface area (Å²) in [4.78, 5) is 43.4. The first-order valence-corrected chi connectivity index (χ1v) is 12.7. The number of carbonyl (C=O) groups is 3. The SMILES string of the molecule is CN1C(=O)[C@H]2C(CO)C=CC(=O)N2C[C@H]1C[C@]1(C(C)(C)C)C(=O)Nc2c1ccc1c2OC=CC(C)(C)O1. The van der Waals surface area contributed by atoms with Crippen LogP contribution < -0.4 is 14.8 Å². The smallest absolute Gasteiger partial charge is 0.247 e. The number of aliphatic hydroxyl groups excluding tert-OH is 1. The van der Waals surface area contributed by atoms with E-state index in [0.717, 1.165) is 5.56 Å². The highest BCUT2D eigenvalue weighted by atomic mass is 16.5. The molecule has 1 fully saturated rings. The van der Waals surface area contributed by atoms with Gasteiger partial charge < -0.3 is 29.7 Å². The van der Waals surface area contributed by atoms with E-state index in [1.807, 2.05) is 52.8 Å². The minimum absolute atomic E-state index is 0.180. The van der Waals surface area contributed by atoms with Gasteiger partial charge in [-0.25, -0.2) is 0 Å². The number of ether oxygens (including phenoxy) is 2. The van der Waals surface area contributed by atoms with Gasteiger partial charge in [-0.3, -0.25) is 14.4 Å². The topological polar surface area (TPSA) is 108 Å². The summed E-state index contributed by atoms with van der Waals surface area (Å²) in [7, 11) is 1.71. The Morgan fingerprint density at radius 1 is 1.19 bits per heavy atom. The first kappa shape index (κ1) is 25.3. The van der Waals surface area contributed by atoms with Gasteiger partial charge in [0.15, 0.2) is 11.5 Å². The second-order valence-electron chi connectivity index (χ2n) is 12.0. The molecular weight excluding hydrogens is 474 g/mol. The van der Waals surface area contributed by atoms with E-state index in [1.54, 1.807) is 29.2 Å². The van der Waals surface area contributed by atoms with Crippen molar-refractivity contribution < 1.29 is 29.0 Å². The number of aliphatic hydroxyl groups is 1. The first-order valence-electron chi connectivity index (χ1n) is 12.7. The summed E-state index contributed by atoms with van der Waals surface area (Å²) in [6.45, 7) is 9.93. The highest BCUT2D eigenvalue weighted by Gasteiger charge is 2.58. The lowest BCUT2D eigenvalue weighted by Crippen LogP contribution is -2.66. The van der Waals surface area contributed by atoms with Gasteiger partial charge in [0.2, 0.25) is 17.7 Å². The van der Waals surface area contributed by atoms with Crippen LogP contribution in [0.5, 0.6) is 11.5 Å². The van der Waals surface area contributed by atoms with E-state index in [4.69, 9.17) is 9.47 Å². The lowest BCUT2D eigenvalue weighted by molar-refractivity contribution is -0.156. The number of rotatable bonds is 3. The maximum absolute atomic E-state index is 14.0. The summed E-state index contributed by atoms with van der Waals surface area (Å²) in [5.74, 6) is -0.137. The molecule has 4 aliphatic heterocycles. The van der Waals surface area contributed by atoms with Gasteiger partial charge in [-0.1, -0.05) is 32.9 Å². The fourth-order valence-electron chi connectivity index (χ4n) is 6.17. The fraction of sp³-hybridized carbons (Fsp3) is 0.536. The Labute approximate surface area is 217 Å². The van der Waals surface area contributed by atoms with Crippen LogP contribution in [0.4, 0.5) is 5.69 Å². The van der Waals surface area contributed by atoms with Gasteiger partial charge in [0.25, 0.3) is 0 Å². The molecule has 0 aliphatic carbocycles. The van der Waals surface area contributed by atoms with E-state index < -0.39 is 34.4 Å². The van der Waals surface area contributed by atoms with Crippen LogP contribution in [0.2, 0.25) is 0 Å². The number of anilines is 1. The van der Waals surface area contributed by atoms with Gasteiger partial charge in [0, 0.05) is 19.5 Å². The van der Waals surface area contributed by atoms with Crippen molar-refractivity contribution in [2.75, 3.05) is 25.5 Å². The van der Waals surface area contributed by atoms with Gasteiger partial charge in [0.05, 0.1) is 30.0 Å². The number of nitrogens with zero attached hydrogens (tertiary/aromatic N) is 2. The molecule has 0 saturated carbocycles. The number of piperazine rings is 1. The third kappa shape index (κ3) is 3.74. The number of hydrogen-bond acceptors (Lipinski definition) is 6. The zero-order valence-electron chi connectivity index (χ0n) is 22.2. The van der Waals surface area contributed by atoms with E-state index in [9.17, 15) is 19.5 Å². The average Bonchev–Trinajstić information content (AvgIpc) is 3.00. The molecule has 5 rings (SSSR count). The molecule has 4 heterocycles. The maximum Gasteiger partial charge on any atom is 0.247 e. The highest BCUT2D eigenvalue weighted by Crippen LogP contribution is 2.57. The van der Waals surface area contributed by atoms with E-state index in [2.05, 4.69) is 5.32 Å². The van der Waals surface area contributed by atoms with Gasteiger partial charge in [0.1, 0.15) is 11.6 Å². The van der Waals surface area contributed by atoms with E-state index in [-0.39, 0.29) is 30.9 Å². The summed E-state index contributed by atoms with van der Waals surface area (Å²) >= 11 is 0. The molecule has 0 aromatic heterocycles. The summed E-state index contributed by atoms with van der Waals surface area (Å²) in [6.07, 6.45) is 6.73. The normalized spacial score (nSPS) is 30.1. The van der Waals surface area contributed by atoms with Crippen LogP contribution in [-0.4, -0.2) is 70.5 Å². The van der Waals surface area contributed by atoms with Crippen molar-refractivity contribution in [1.82, 2.24) is 9.80 Å². The number of fused-ring (bicyclic) bond motifs is 4. The van der Waals surface area contributed by atoms with Crippen LogP contribution in [0.25, 0.3) is 0 Å². The van der Waals surface area contributed by atoms with Gasteiger partial charge in [-0.2, -0.15) is 0 Å². The standard InChI is InChI=1S/C28H35N3O6/c1-26(2,3)28(13-17-14-31-20(33)10-7-16(15-32)22(31)24(34)30(17)6)18-8-9-19-23(21(18)29-25(28)35)36-12-11-27(4,5)37-19/h7-12,16-17,22,32H,13-15H2,1-6H3,(H,29,35)/t16?,17-,22-,28-/m1/s1. The number of carbonyl (C=O) groups excluding carboxylic acids is 3. The zero-order chi connectivity index (χ0) is 26.9. The Kier molecular flexibility index (Phi) is 5.71. The van der Waals surface area contributed by atoms with E-state index in [1.165, 1.54) is 6.08 Å². The summed E-state index contributed by atoms with van der Waals surface area (Å²) in [5.41, 5.74) is -0.783. The fourth-order valence-corrected chi connectivity index (χ4v) is 6.17. The summed E-state index contributed by atoms with van der Waals surface area (Å²) in [5, 5.41) is 12.9. The monoisotopic (exact) mass is 509 g/mol. The molecule has 4 aliphatic rings. The predicted octanol–water partition coefficient (Wildman–Crippen LogP) is 2.59. The number of nitrogens with one attached hydrogen (secondary N) is 1. The summed E-state index contributed by atoms with van der Waals surface area (Å²) < 4.78 is 12.1. The molecule has 1 unspecified atom stereocenters. The van der Waals surface area contributed by atoms with Crippen molar-refractivity contribution >= 4 is 23.4 Å². The van der Waals surface area contributed by atoms with Crippen molar-refractivity contribution in [3.05, 3.63) is 42.2 Å². The second-order valence-corrected chi connectivity index (χ2v) is 12.0. The molecular formula is C28H35N3O6. The molecule has 4 atom stereocenters. The average molecular weight is 510 g/mol. The molecule has 198 valence electrons. The molecule has 0 bridgehead atoms. The van der Waals surface area contributed by atoms with Gasteiger partial charge in [-0.05, 0) is 49.5 Å². The van der Waals surface area contributed by atoms with Crippen LogP contribution in [0, 0.1) is 11.3 Å². The number of hydrogen-bond donors (Lipinski definition) is 2. The Hall–Kier alpha value is -3.33. The molecule has 1 aromatic rings. The molecule has 0 spiro atoms. The Balaban J connectivity index is 1.57. The molecule has 3 amide bonds.